The Morgan fingerprint density at radius 3 is 2.27 bits per heavy atom. The zero-order valence-corrected chi connectivity index (χ0v) is 23.1. The topological polar surface area (TPSA) is 99.6 Å². The predicted octanol–water partition coefficient (Wildman–Crippen LogP) is 7.71. The third-order valence-corrected chi connectivity index (χ3v) is 5.58. The van der Waals surface area contributed by atoms with Gasteiger partial charge in [0, 0.05) is 18.8 Å². The number of anilines is 2. The lowest BCUT2D eigenvalue weighted by Crippen LogP contribution is -2.13. The van der Waals surface area contributed by atoms with Gasteiger partial charge in [0.2, 0.25) is 11.6 Å². The number of furan rings is 1. The highest BCUT2D eigenvalue weighted by molar-refractivity contribution is 8.22. The molecule has 33 heavy (non-hydrogen) atoms. The van der Waals surface area contributed by atoms with Crippen molar-refractivity contribution >= 4 is 35.3 Å². The molecule has 2 heterocycles. The summed E-state index contributed by atoms with van der Waals surface area (Å²) in [6.45, 7) is 21.1. The van der Waals surface area contributed by atoms with Gasteiger partial charge in [0.15, 0.2) is 0 Å². The van der Waals surface area contributed by atoms with E-state index in [0.717, 1.165) is 35.0 Å². The second-order valence-corrected chi connectivity index (χ2v) is 10.4. The van der Waals surface area contributed by atoms with Crippen molar-refractivity contribution in [2.24, 2.45) is 5.41 Å². The molecule has 0 aromatic carbocycles. The SMILES string of the molecule is CC.CC(C)(C)C.CCN(CC)S/C(=C\O)S/C=C(\C)Nc1nonc1NCc1ccco1. The lowest BCUT2D eigenvalue weighted by Gasteiger charge is -2.16. The minimum Gasteiger partial charge on any atom is -0.514 e. The maximum absolute atomic E-state index is 9.40. The number of hydrogen-bond donors (Lipinski definition) is 3. The van der Waals surface area contributed by atoms with Crippen LogP contribution < -0.4 is 10.6 Å². The van der Waals surface area contributed by atoms with Gasteiger partial charge in [-0.15, -0.1) is 0 Å². The molecule has 188 valence electrons. The molecular formula is C23H41N5O3S2. The van der Waals surface area contributed by atoms with Crippen molar-refractivity contribution in [3.05, 3.63) is 45.8 Å². The average molecular weight is 500 g/mol. The van der Waals surface area contributed by atoms with E-state index in [1.807, 2.05) is 38.3 Å². The summed E-state index contributed by atoms with van der Waals surface area (Å²) in [5, 5.41) is 25.2. The summed E-state index contributed by atoms with van der Waals surface area (Å²) >= 11 is 2.94. The van der Waals surface area contributed by atoms with Crippen LogP contribution in [0.1, 0.15) is 68.1 Å². The van der Waals surface area contributed by atoms with Crippen molar-refractivity contribution in [2.45, 2.75) is 68.9 Å². The third kappa shape index (κ3) is 15.4. The summed E-state index contributed by atoms with van der Waals surface area (Å²) in [4.78, 5) is 0. The van der Waals surface area contributed by atoms with Crippen LogP contribution in [0.5, 0.6) is 0 Å². The van der Waals surface area contributed by atoms with Crippen LogP contribution in [0.25, 0.3) is 0 Å². The molecule has 0 radical (unpaired) electrons. The Hall–Kier alpha value is -2.04. The molecule has 8 nitrogen and oxygen atoms in total. The van der Waals surface area contributed by atoms with E-state index in [1.54, 1.807) is 6.26 Å². The van der Waals surface area contributed by atoms with Crippen molar-refractivity contribution in [1.29, 1.82) is 0 Å². The van der Waals surface area contributed by atoms with Crippen LogP contribution >= 0.6 is 23.7 Å². The molecule has 0 unspecified atom stereocenters. The van der Waals surface area contributed by atoms with Crippen LogP contribution in [0.2, 0.25) is 0 Å². The van der Waals surface area contributed by atoms with E-state index < -0.39 is 0 Å². The minimum atomic E-state index is 0.477. The number of nitrogens with one attached hydrogen (secondary N) is 2. The number of thioether (sulfide) groups is 1. The van der Waals surface area contributed by atoms with Gasteiger partial charge < -0.3 is 20.2 Å². The van der Waals surface area contributed by atoms with Gasteiger partial charge in [0.1, 0.15) is 12.0 Å². The first-order valence-corrected chi connectivity index (χ1v) is 12.8. The second kappa shape index (κ2) is 17.4. The molecule has 3 N–H and O–H groups in total. The Labute approximate surface area is 207 Å². The largest absolute Gasteiger partial charge is 0.514 e. The van der Waals surface area contributed by atoms with Crippen LogP contribution in [-0.2, 0) is 6.54 Å². The summed E-state index contributed by atoms with van der Waals surface area (Å²) in [5.74, 6) is 1.76. The first kappa shape index (κ1) is 31.0. The molecule has 0 bridgehead atoms. The van der Waals surface area contributed by atoms with Gasteiger partial charge in [0.05, 0.1) is 17.0 Å². The quantitative estimate of drug-likeness (QED) is 0.210. The molecule has 0 saturated heterocycles. The van der Waals surface area contributed by atoms with E-state index >= 15 is 0 Å². The fraction of sp³-hybridized carbons (Fsp3) is 0.565. The van der Waals surface area contributed by atoms with Crippen LogP contribution in [0.4, 0.5) is 11.6 Å². The predicted molar refractivity (Wildman–Crippen MR) is 143 cm³/mol. The van der Waals surface area contributed by atoms with Crippen molar-refractivity contribution in [3.63, 3.8) is 0 Å². The summed E-state index contributed by atoms with van der Waals surface area (Å²) in [6.07, 6.45) is 2.73. The first-order valence-electron chi connectivity index (χ1n) is 11.1. The van der Waals surface area contributed by atoms with Crippen LogP contribution in [-0.4, -0.2) is 32.8 Å². The molecule has 10 heteroatoms. The van der Waals surface area contributed by atoms with Crippen molar-refractivity contribution in [2.75, 3.05) is 23.7 Å². The van der Waals surface area contributed by atoms with Gasteiger partial charge in [-0.3, -0.25) is 0 Å². The Bertz CT molecular complexity index is 789. The molecule has 2 rings (SSSR count). The number of aromatic nitrogens is 2. The van der Waals surface area contributed by atoms with E-state index in [-0.39, 0.29) is 0 Å². The highest BCUT2D eigenvalue weighted by Gasteiger charge is 2.11. The summed E-state index contributed by atoms with van der Waals surface area (Å²) in [5.41, 5.74) is 1.34. The molecule has 0 fully saturated rings. The molecule has 0 aliphatic heterocycles. The monoisotopic (exact) mass is 499 g/mol. The molecule has 0 amide bonds. The Balaban J connectivity index is 0.00000129. The second-order valence-electron chi connectivity index (χ2n) is 8.09. The number of rotatable bonds is 11. The number of aliphatic hydroxyl groups excluding tert-OH is 1. The molecule has 0 spiro atoms. The Kier molecular flexibility index (Phi) is 16.4. The molecule has 2 aromatic heterocycles. The van der Waals surface area contributed by atoms with Gasteiger partial charge in [0.25, 0.3) is 0 Å². The molecule has 0 aliphatic carbocycles. The van der Waals surface area contributed by atoms with Gasteiger partial charge in [-0.25, -0.2) is 8.93 Å². The fourth-order valence-electron chi connectivity index (χ4n) is 1.89. The fourth-order valence-corrected chi connectivity index (χ4v) is 3.49. The lowest BCUT2D eigenvalue weighted by atomic mass is 10.0. The zero-order chi connectivity index (χ0) is 25.3. The van der Waals surface area contributed by atoms with E-state index in [1.165, 1.54) is 23.7 Å². The molecule has 0 aliphatic rings. The average Bonchev–Trinajstić information content (AvgIpc) is 3.45. The number of nitrogens with zero attached hydrogens (tertiary/aromatic N) is 3. The summed E-state index contributed by atoms with van der Waals surface area (Å²) in [6, 6.07) is 3.69. The molecule has 2 aromatic rings. The molecule has 0 saturated carbocycles. The van der Waals surface area contributed by atoms with E-state index in [9.17, 15) is 5.11 Å². The summed E-state index contributed by atoms with van der Waals surface area (Å²) < 4.78 is 13.0. The molecular weight excluding hydrogens is 458 g/mol. The Morgan fingerprint density at radius 2 is 1.76 bits per heavy atom. The maximum atomic E-state index is 9.40. The summed E-state index contributed by atoms with van der Waals surface area (Å²) in [7, 11) is 0. The van der Waals surface area contributed by atoms with Gasteiger partial charge in [-0.1, -0.05) is 67.2 Å². The van der Waals surface area contributed by atoms with Crippen molar-refractivity contribution in [3.8, 4) is 0 Å². The highest BCUT2D eigenvalue weighted by atomic mass is 32.2. The molecule has 0 atom stereocenters. The lowest BCUT2D eigenvalue weighted by molar-refractivity contribution is 0.310. The zero-order valence-electron chi connectivity index (χ0n) is 21.4. The maximum Gasteiger partial charge on any atom is 0.219 e. The first-order chi connectivity index (χ1) is 15.7. The van der Waals surface area contributed by atoms with Crippen molar-refractivity contribution in [1.82, 2.24) is 14.6 Å². The number of hydrogen-bond acceptors (Lipinski definition) is 10. The smallest absolute Gasteiger partial charge is 0.219 e. The van der Waals surface area contributed by atoms with Crippen LogP contribution in [0.3, 0.4) is 0 Å². The van der Waals surface area contributed by atoms with E-state index in [2.05, 4.69) is 66.8 Å². The minimum absolute atomic E-state index is 0.477. The highest BCUT2D eigenvalue weighted by Crippen LogP contribution is 2.32. The standard InChI is InChI=1S/C16H23N5O3S2.C5H12.C2H6/c1-4-21(5-2)26-14(10-22)25-11-12(3)18-16-15(19-24-20-16)17-9-13-7-6-8-23-13;1-5(2,3)4;1-2/h6-8,10-11,22H,4-5,9H2,1-3H3,(H,17,19)(H,18,20);1-4H3;1-2H3/b12-11+,14-10-;;. The van der Waals surface area contributed by atoms with Gasteiger partial charge in [-0.05, 0) is 52.1 Å². The van der Waals surface area contributed by atoms with Crippen LogP contribution in [0.15, 0.2) is 49.0 Å². The van der Waals surface area contributed by atoms with Gasteiger partial charge in [-0.2, -0.15) is 0 Å². The van der Waals surface area contributed by atoms with E-state index in [4.69, 9.17) is 9.05 Å². The third-order valence-electron chi connectivity index (χ3n) is 3.20. The van der Waals surface area contributed by atoms with Crippen molar-refractivity contribution < 1.29 is 14.2 Å². The van der Waals surface area contributed by atoms with E-state index in [0.29, 0.717) is 23.6 Å². The number of allylic oxidation sites excluding steroid dienone is 1. The van der Waals surface area contributed by atoms with Gasteiger partial charge >= 0.3 is 0 Å². The normalized spacial score (nSPS) is 11.9. The Morgan fingerprint density at radius 1 is 1.15 bits per heavy atom. The van der Waals surface area contributed by atoms with Crippen LogP contribution in [0, 0.1) is 5.41 Å². The number of aliphatic hydroxyl groups is 1.